The second-order valence-corrected chi connectivity index (χ2v) is 10.9. The number of unbranched alkanes of at least 4 members (excludes halogenated alkanes) is 14. The van der Waals surface area contributed by atoms with Crippen molar-refractivity contribution in [2.75, 3.05) is 33.2 Å². The van der Waals surface area contributed by atoms with Crippen LogP contribution in [0.3, 0.4) is 0 Å². The Kier molecular flexibility index (Phi) is 37.3. The molecule has 0 aromatic heterocycles. The molecule has 0 aliphatic rings. The number of carbonyl (C=O) groups is 2. The van der Waals surface area contributed by atoms with Gasteiger partial charge >= 0.3 is 65.1 Å². The molecular formula is C27H52NNa2O9P. The van der Waals surface area contributed by atoms with Crippen molar-refractivity contribution in [3.8, 4) is 0 Å². The number of hydrogen-bond acceptors (Lipinski definition) is 9. The SMILES string of the molecule is CCCCCCCCCCCCC(=O)O[C@H](COCOCCCCCCCCNC(C)=O)COP(=O)([O-])[O-].[Na+].[Na+]. The molecule has 0 bridgehead atoms. The maximum atomic E-state index is 12.2. The van der Waals surface area contributed by atoms with Crippen LogP contribution >= 0.6 is 7.82 Å². The molecule has 0 aliphatic carbocycles. The summed E-state index contributed by atoms with van der Waals surface area (Å²) in [6, 6.07) is 0. The molecule has 0 fully saturated rings. The van der Waals surface area contributed by atoms with E-state index in [9.17, 15) is 23.9 Å². The predicted octanol–water partition coefficient (Wildman–Crippen LogP) is -1.47. The maximum absolute atomic E-state index is 12.2. The first-order chi connectivity index (χ1) is 18.2. The van der Waals surface area contributed by atoms with Crippen LogP contribution in [0.25, 0.3) is 0 Å². The number of nitrogens with one attached hydrogen (secondary N) is 1. The minimum absolute atomic E-state index is 0. The van der Waals surface area contributed by atoms with Gasteiger partial charge in [-0.25, -0.2) is 0 Å². The van der Waals surface area contributed by atoms with Gasteiger partial charge in [0.05, 0.1) is 21.0 Å². The Hall–Kier alpha value is 0.970. The molecule has 0 unspecified atom stereocenters. The molecule has 1 amide bonds. The first-order valence-corrected chi connectivity index (χ1v) is 16.0. The van der Waals surface area contributed by atoms with Crippen molar-refractivity contribution in [2.24, 2.45) is 0 Å². The van der Waals surface area contributed by atoms with Gasteiger partial charge in [-0.3, -0.25) is 9.59 Å². The maximum Gasteiger partial charge on any atom is 1.00 e. The monoisotopic (exact) mass is 611 g/mol. The Morgan fingerprint density at radius 3 is 1.82 bits per heavy atom. The molecule has 13 heteroatoms. The van der Waals surface area contributed by atoms with Gasteiger partial charge in [0, 0.05) is 26.5 Å². The molecule has 0 radical (unpaired) electrons. The Morgan fingerprint density at radius 2 is 1.27 bits per heavy atom. The average molecular weight is 612 g/mol. The fourth-order valence-corrected chi connectivity index (χ4v) is 4.24. The molecular weight excluding hydrogens is 559 g/mol. The van der Waals surface area contributed by atoms with Gasteiger partial charge in [0.25, 0.3) is 0 Å². The van der Waals surface area contributed by atoms with Gasteiger partial charge in [0.2, 0.25) is 5.91 Å². The molecule has 0 rings (SSSR count). The van der Waals surface area contributed by atoms with Gasteiger partial charge in [-0.15, -0.1) is 0 Å². The minimum atomic E-state index is -5.18. The van der Waals surface area contributed by atoms with Crippen LogP contribution in [0.1, 0.15) is 123 Å². The van der Waals surface area contributed by atoms with Crippen molar-refractivity contribution in [1.82, 2.24) is 5.32 Å². The van der Waals surface area contributed by atoms with Crippen molar-refractivity contribution >= 4 is 19.7 Å². The summed E-state index contributed by atoms with van der Waals surface area (Å²) in [5, 5.41) is 2.78. The molecule has 0 aliphatic heterocycles. The summed E-state index contributed by atoms with van der Waals surface area (Å²) < 4.78 is 31.2. The number of phosphoric ester groups is 1. The van der Waals surface area contributed by atoms with E-state index in [0.29, 0.717) is 13.0 Å². The third-order valence-electron chi connectivity index (χ3n) is 6.01. The number of hydrogen-bond donors (Lipinski definition) is 1. The summed E-state index contributed by atoms with van der Waals surface area (Å²) in [5.41, 5.74) is 0. The van der Waals surface area contributed by atoms with Crippen LogP contribution in [0.2, 0.25) is 0 Å². The van der Waals surface area contributed by atoms with E-state index in [2.05, 4.69) is 16.8 Å². The second kappa shape index (κ2) is 32.9. The summed E-state index contributed by atoms with van der Waals surface area (Å²) in [6.07, 6.45) is 16.9. The van der Waals surface area contributed by atoms with E-state index in [4.69, 9.17) is 14.2 Å². The molecule has 1 atom stereocenters. The zero-order chi connectivity index (χ0) is 28.3. The number of ether oxygens (including phenoxy) is 3. The molecule has 0 spiro atoms. The third kappa shape index (κ3) is 37.0. The predicted molar refractivity (Wildman–Crippen MR) is 143 cm³/mol. The molecule has 0 aromatic rings. The van der Waals surface area contributed by atoms with Crippen molar-refractivity contribution < 1.29 is 102 Å². The number of amides is 1. The summed E-state index contributed by atoms with van der Waals surface area (Å²) in [4.78, 5) is 44.6. The second-order valence-electron chi connectivity index (χ2n) is 9.79. The first kappa shape index (κ1) is 45.4. The number of carbonyl (C=O) groups excluding carboxylic acids is 2. The van der Waals surface area contributed by atoms with E-state index in [1.165, 1.54) is 45.4 Å². The van der Waals surface area contributed by atoms with Gasteiger partial charge < -0.3 is 38.4 Å². The van der Waals surface area contributed by atoms with Gasteiger partial charge in [-0.1, -0.05) is 90.4 Å². The zero-order valence-electron chi connectivity index (χ0n) is 25.8. The normalized spacial score (nSPS) is 11.8. The zero-order valence-corrected chi connectivity index (χ0v) is 30.6. The fourth-order valence-electron chi connectivity index (χ4n) is 3.89. The smallest absolute Gasteiger partial charge is 0.790 e. The van der Waals surface area contributed by atoms with Crippen LogP contribution in [0.4, 0.5) is 0 Å². The number of esters is 1. The van der Waals surface area contributed by atoms with E-state index in [1.807, 2.05) is 0 Å². The van der Waals surface area contributed by atoms with E-state index in [1.54, 1.807) is 0 Å². The van der Waals surface area contributed by atoms with Crippen LogP contribution in [0.15, 0.2) is 0 Å². The van der Waals surface area contributed by atoms with Gasteiger partial charge in [0.15, 0.2) is 0 Å². The Morgan fingerprint density at radius 1 is 0.750 bits per heavy atom. The topological polar surface area (TPSA) is 146 Å². The van der Waals surface area contributed by atoms with E-state index >= 15 is 0 Å². The van der Waals surface area contributed by atoms with E-state index in [-0.39, 0.29) is 84.8 Å². The van der Waals surface area contributed by atoms with Crippen molar-refractivity contribution in [2.45, 2.75) is 129 Å². The summed E-state index contributed by atoms with van der Waals surface area (Å²) in [5.74, 6) is -0.465. The quantitative estimate of drug-likeness (QED) is 0.0368. The fraction of sp³-hybridized carbons (Fsp3) is 0.926. The average Bonchev–Trinajstić information content (AvgIpc) is 2.85. The van der Waals surface area contributed by atoms with Gasteiger partial charge in [-0.05, 0) is 19.3 Å². The molecule has 0 aromatic carbocycles. The number of phosphoric acid groups is 1. The standard InChI is InChI=1S/C27H54NO9P.2Na/c1-3-4-5-6-7-8-9-10-13-16-19-27(30)37-26(23-36-38(31,32)33)22-35-24-34-21-18-15-12-11-14-17-20-28-25(2)29;;/h26H,3-24H2,1-2H3,(H,28,29)(H2,31,32,33);;/q;2*+1/p-2/t26-;;/m1../s1. The molecule has 10 nitrogen and oxygen atoms in total. The van der Waals surface area contributed by atoms with Crippen LogP contribution < -0.4 is 74.2 Å². The Balaban J connectivity index is -0.00000684. The van der Waals surface area contributed by atoms with Gasteiger partial charge in [0.1, 0.15) is 12.9 Å². The summed E-state index contributed by atoms with van der Waals surface area (Å²) in [6.45, 7) is 4.23. The largest absolute Gasteiger partial charge is 1.00 e. The van der Waals surface area contributed by atoms with E-state index in [0.717, 1.165) is 64.3 Å². The van der Waals surface area contributed by atoms with Crippen LogP contribution in [0.5, 0.6) is 0 Å². The molecule has 0 heterocycles. The molecule has 226 valence electrons. The van der Waals surface area contributed by atoms with Crippen molar-refractivity contribution in [1.29, 1.82) is 0 Å². The summed E-state index contributed by atoms with van der Waals surface area (Å²) in [7, 11) is -5.18. The summed E-state index contributed by atoms with van der Waals surface area (Å²) >= 11 is 0. The molecule has 0 saturated heterocycles. The Labute approximate surface area is 287 Å². The minimum Gasteiger partial charge on any atom is -0.790 e. The van der Waals surface area contributed by atoms with Gasteiger partial charge in [-0.2, -0.15) is 0 Å². The molecule has 0 saturated carbocycles. The molecule has 40 heavy (non-hydrogen) atoms. The van der Waals surface area contributed by atoms with Crippen LogP contribution in [0, 0.1) is 0 Å². The van der Waals surface area contributed by atoms with Crippen molar-refractivity contribution in [3.63, 3.8) is 0 Å². The Bertz CT molecular complexity index is 627. The molecule has 1 N–H and O–H groups in total. The third-order valence-corrected chi connectivity index (χ3v) is 6.48. The van der Waals surface area contributed by atoms with Crippen molar-refractivity contribution in [3.05, 3.63) is 0 Å². The van der Waals surface area contributed by atoms with Crippen LogP contribution in [-0.2, 0) is 32.9 Å². The van der Waals surface area contributed by atoms with E-state index < -0.39 is 26.5 Å². The van der Waals surface area contributed by atoms with Crippen LogP contribution in [-0.4, -0.2) is 51.1 Å². The first-order valence-electron chi connectivity index (χ1n) is 14.5. The number of rotatable bonds is 28.